The Morgan fingerprint density at radius 2 is 1.83 bits per heavy atom. The lowest BCUT2D eigenvalue weighted by Gasteiger charge is -2.20. The van der Waals surface area contributed by atoms with Crippen molar-refractivity contribution in [3.63, 3.8) is 0 Å². The molecule has 0 aromatic heterocycles. The van der Waals surface area contributed by atoms with Gasteiger partial charge in [-0.05, 0) is 25.2 Å². The van der Waals surface area contributed by atoms with E-state index < -0.39 is 12.0 Å². The molecule has 0 aliphatic carbocycles. The monoisotopic (exact) mass is 257 g/mol. The molecule has 0 spiro atoms. The van der Waals surface area contributed by atoms with Gasteiger partial charge in [-0.3, -0.25) is 4.79 Å². The highest BCUT2D eigenvalue weighted by atomic mass is 16.4. The number of aliphatic carboxylic acids is 1. The number of carbonyl (C=O) groups excluding carboxylic acids is 1. The zero-order valence-corrected chi connectivity index (χ0v) is 12.0. The van der Waals surface area contributed by atoms with Crippen molar-refractivity contribution in [3.8, 4) is 0 Å². The van der Waals surface area contributed by atoms with Gasteiger partial charge in [-0.2, -0.15) is 0 Å². The number of rotatable bonds is 9. The number of nitrogens with one attached hydrogen (secondary N) is 1. The van der Waals surface area contributed by atoms with Crippen LogP contribution >= 0.6 is 0 Å². The zero-order valence-electron chi connectivity index (χ0n) is 12.0. The molecule has 2 N–H and O–H groups in total. The van der Waals surface area contributed by atoms with Gasteiger partial charge in [0.05, 0.1) is 0 Å². The highest BCUT2D eigenvalue weighted by Gasteiger charge is 2.24. The average Bonchev–Trinajstić information content (AvgIpc) is 2.28. The Kier molecular flexibility index (Phi) is 8.42. The molecule has 18 heavy (non-hydrogen) atoms. The van der Waals surface area contributed by atoms with Crippen LogP contribution in [-0.4, -0.2) is 23.0 Å². The molecule has 0 radical (unpaired) electrons. The van der Waals surface area contributed by atoms with E-state index in [1.54, 1.807) is 0 Å². The molecule has 2 unspecified atom stereocenters. The van der Waals surface area contributed by atoms with Gasteiger partial charge < -0.3 is 10.4 Å². The van der Waals surface area contributed by atoms with Crippen molar-refractivity contribution in [1.82, 2.24) is 5.32 Å². The van der Waals surface area contributed by atoms with Crippen molar-refractivity contribution in [1.29, 1.82) is 0 Å². The normalized spacial score (nSPS) is 14.3. The molecule has 1 amide bonds. The first-order chi connectivity index (χ1) is 8.42. The Balaban J connectivity index is 4.41. The number of carboxylic acid groups (broad SMARTS) is 1. The Morgan fingerprint density at radius 3 is 2.22 bits per heavy atom. The molecule has 0 aliphatic heterocycles. The first kappa shape index (κ1) is 16.9. The third kappa shape index (κ3) is 6.62. The summed E-state index contributed by atoms with van der Waals surface area (Å²) < 4.78 is 0. The van der Waals surface area contributed by atoms with Gasteiger partial charge in [-0.1, -0.05) is 40.5 Å². The van der Waals surface area contributed by atoms with Crippen LogP contribution in [0.1, 0.15) is 59.8 Å². The molecular formula is C14H27NO3. The first-order valence-corrected chi connectivity index (χ1v) is 6.95. The molecule has 2 atom stereocenters. The Hall–Kier alpha value is -1.06. The molecule has 0 bridgehead atoms. The van der Waals surface area contributed by atoms with Crippen LogP contribution in [-0.2, 0) is 9.59 Å². The third-order valence-corrected chi connectivity index (χ3v) is 3.09. The predicted octanol–water partition coefficient (Wildman–Crippen LogP) is 2.82. The summed E-state index contributed by atoms with van der Waals surface area (Å²) in [6.07, 6.45) is 4.14. The number of hydrogen-bond donors (Lipinski definition) is 2. The van der Waals surface area contributed by atoms with Gasteiger partial charge >= 0.3 is 5.97 Å². The molecule has 106 valence electrons. The second kappa shape index (κ2) is 8.95. The minimum Gasteiger partial charge on any atom is -0.480 e. The van der Waals surface area contributed by atoms with Gasteiger partial charge in [0.15, 0.2) is 0 Å². The van der Waals surface area contributed by atoms with E-state index >= 15 is 0 Å². The van der Waals surface area contributed by atoms with E-state index in [1.165, 1.54) is 0 Å². The number of hydrogen-bond acceptors (Lipinski definition) is 2. The average molecular weight is 257 g/mol. The molecule has 0 aromatic rings. The lowest BCUT2D eigenvalue weighted by Crippen LogP contribution is -2.44. The zero-order chi connectivity index (χ0) is 14.1. The quantitative estimate of drug-likeness (QED) is 0.667. The van der Waals surface area contributed by atoms with Crippen molar-refractivity contribution < 1.29 is 14.7 Å². The van der Waals surface area contributed by atoms with E-state index in [-0.39, 0.29) is 17.7 Å². The summed E-state index contributed by atoms with van der Waals surface area (Å²) in [7, 11) is 0. The van der Waals surface area contributed by atoms with Crippen LogP contribution in [0.25, 0.3) is 0 Å². The predicted molar refractivity (Wildman–Crippen MR) is 72.3 cm³/mol. The molecule has 0 saturated heterocycles. The van der Waals surface area contributed by atoms with Crippen molar-refractivity contribution in [2.24, 2.45) is 11.8 Å². The first-order valence-electron chi connectivity index (χ1n) is 6.95. The van der Waals surface area contributed by atoms with Crippen LogP contribution < -0.4 is 5.32 Å². The topological polar surface area (TPSA) is 66.4 Å². The van der Waals surface area contributed by atoms with Crippen LogP contribution in [0.5, 0.6) is 0 Å². The molecule has 4 heteroatoms. The smallest absolute Gasteiger partial charge is 0.326 e. The van der Waals surface area contributed by atoms with E-state index in [0.717, 1.165) is 25.7 Å². The summed E-state index contributed by atoms with van der Waals surface area (Å²) in [5.41, 5.74) is 0. The summed E-state index contributed by atoms with van der Waals surface area (Å²) in [5, 5.41) is 11.8. The second-order valence-electron chi connectivity index (χ2n) is 5.28. The van der Waals surface area contributed by atoms with Crippen LogP contribution in [0.15, 0.2) is 0 Å². The Bertz CT molecular complexity index is 264. The largest absolute Gasteiger partial charge is 0.480 e. The van der Waals surface area contributed by atoms with Crippen molar-refractivity contribution in [3.05, 3.63) is 0 Å². The molecule has 0 fully saturated rings. The molecule has 0 aromatic carbocycles. The number of amides is 1. The molecule has 0 rings (SSSR count). The number of unbranched alkanes of at least 4 members (excludes halogenated alkanes) is 1. The lowest BCUT2D eigenvalue weighted by atomic mass is 9.97. The van der Waals surface area contributed by atoms with Crippen LogP contribution in [0.4, 0.5) is 0 Å². The number of carbonyl (C=O) groups is 2. The van der Waals surface area contributed by atoms with Crippen molar-refractivity contribution >= 4 is 11.9 Å². The van der Waals surface area contributed by atoms with E-state index in [1.807, 2.05) is 20.8 Å². The minimum atomic E-state index is -0.942. The van der Waals surface area contributed by atoms with Gasteiger partial charge in [0.2, 0.25) is 5.91 Å². The van der Waals surface area contributed by atoms with Gasteiger partial charge in [0.1, 0.15) is 6.04 Å². The molecular weight excluding hydrogens is 230 g/mol. The fourth-order valence-corrected chi connectivity index (χ4v) is 1.95. The summed E-state index contributed by atoms with van der Waals surface area (Å²) >= 11 is 0. The number of carboxylic acids is 1. The van der Waals surface area contributed by atoms with Gasteiger partial charge in [0.25, 0.3) is 0 Å². The molecule has 0 heterocycles. The molecule has 0 saturated carbocycles. The summed E-state index contributed by atoms with van der Waals surface area (Å²) in [4.78, 5) is 23.1. The van der Waals surface area contributed by atoms with Gasteiger partial charge in [-0.15, -0.1) is 0 Å². The molecule has 0 aliphatic rings. The van der Waals surface area contributed by atoms with Crippen LogP contribution in [0, 0.1) is 11.8 Å². The van der Waals surface area contributed by atoms with E-state index in [9.17, 15) is 9.59 Å². The minimum absolute atomic E-state index is 0.0565. The maximum Gasteiger partial charge on any atom is 0.326 e. The van der Waals surface area contributed by atoms with Crippen molar-refractivity contribution in [2.45, 2.75) is 65.8 Å². The lowest BCUT2D eigenvalue weighted by molar-refractivity contribution is -0.143. The fraction of sp³-hybridized carbons (Fsp3) is 0.857. The third-order valence-electron chi connectivity index (χ3n) is 3.09. The summed E-state index contributed by atoms with van der Waals surface area (Å²) in [5.74, 6) is -0.859. The Morgan fingerprint density at radius 1 is 1.22 bits per heavy atom. The highest BCUT2D eigenvalue weighted by Crippen LogP contribution is 2.14. The maximum absolute atomic E-state index is 12.0. The van der Waals surface area contributed by atoms with Crippen LogP contribution in [0.3, 0.4) is 0 Å². The fourth-order valence-electron chi connectivity index (χ4n) is 1.95. The highest BCUT2D eigenvalue weighted by molar-refractivity contribution is 5.84. The van der Waals surface area contributed by atoms with Gasteiger partial charge in [-0.25, -0.2) is 4.79 Å². The SMILES string of the molecule is CCCCC(CC)C(=O)NC(CC(C)C)C(=O)O. The van der Waals surface area contributed by atoms with E-state index in [0.29, 0.717) is 6.42 Å². The maximum atomic E-state index is 12.0. The summed E-state index contributed by atoms with van der Waals surface area (Å²) in [6, 6.07) is -0.756. The summed E-state index contributed by atoms with van der Waals surface area (Å²) in [6.45, 7) is 7.97. The Labute approximate surface area is 110 Å². The molecule has 4 nitrogen and oxygen atoms in total. The standard InChI is InChI=1S/C14H27NO3/c1-5-7-8-11(6-2)13(16)15-12(14(17)18)9-10(3)4/h10-12H,5-9H2,1-4H3,(H,15,16)(H,17,18). The van der Waals surface area contributed by atoms with E-state index in [4.69, 9.17) is 5.11 Å². The van der Waals surface area contributed by atoms with Gasteiger partial charge in [0, 0.05) is 5.92 Å². The second-order valence-corrected chi connectivity index (χ2v) is 5.28. The van der Waals surface area contributed by atoms with Crippen molar-refractivity contribution in [2.75, 3.05) is 0 Å². The van der Waals surface area contributed by atoms with E-state index in [2.05, 4.69) is 12.2 Å². The van der Waals surface area contributed by atoms with Crippen LogP contribution in [0.2, 0.25) is 0 Å².